The van der Waals surface area contributed by atoms with Crippen molar-refractivity contribution in [3.63, 3.8) is 0 Å². The zero-order chi connectivity index (χ0) is 21.1. The van der Waals surface area contributed by atoms with Gasteiger partial charge >= 0.3 is 12.1 Å². The van der Waals surface area contributed by atoms with Crippen LogP contribution in [0.5, 0.6) is 0 Å². The number of halogens is 4. The number of aryl methyl sites for hydroxylation is 1. The molecule has 0 aliphatic rings. The zero-order valence-corrected chi connectivity index (χ0v) is 14.8. The molecule has 0 saturated carbocycles. The van der Waals surface area contributed by atoms with Gasteiger partial charge in [-0.15, -0.1) is 0 Å². The van der Waals surface area contributed by atoms with Crippen molar-refractivity contribution in [2.45, 2.75) is 32.1 Å². The normalized spacial score (nSPS) is 12.6. The molecule has 4 N–H and O–H groups in total. The first kappa shape index (κ1) is 21.4. The number of carbonyl (C=O) groups is 2. The first-order valence-electron chi connectivity index (χ1n) is 8.25. The lowest BCUT2D eigenvalue weighted by Crippen LogP contribution is -2.42. The van der Waals surface area contributed by atoms with E-state index in [0.717, 1.165) is 22.9 Å². The summed E-state index contributed by atoms with van der Waals surface area (Å²) in [7, 11) is 0. The molecule has 1 aromatic carbocycles. The fourth-order valence-corrected chi connectivity index (χ4v) is 2.53. The highest BCUT2D eigenvalue weighted by atomic mass is 19.4. The molecule has 2 aromatic rings. The second-order valence-corrected chi connectivity index (χ2v) is 6.01. The lowest BCUT2D eigenvalue weighted by atomic mass is 10.0. The molecular weight excluding hydrogens is 384 g/mol. The van der Waals surface area contributed by atoms with Crippen molar-refractivity contribution in [2.24, 2.45) is 5.73 Å². The van der Waals surface area contributed by atoms with Crippen LogP contribution in [-0.4, -0.2) is 39.4 Å². The minimum atomic E-state index is -4.72. The largest absolute Gasteiger partial charge is 0.480 e. The summed E-state index contributed by atoms with van der Waals surface area (Å²) in [6.45, 7) is 1.48. The number of carbonyl (C=O) groups excluding carboxylic acids is 1. The number of nitrogens with two attached hydrogens (primary N) is 1. The van der Waals surface area contributed by atoms with Gasteiger partial charge in [0.1, 0.15) is 17.4 Å². The Morgan fingerprint density at radius 1 is 1.32 bits per heavy atom. The molecule has 7 nitrogen and oxygen atoms in total. The van der Waals surface area contributed by atoms with E-state index in [-0.39, 0.29) is 23.4 Å². The molecule has 28 heavy (non-hydrogen) atoms. The summed E-state index contributed by atoms with van der Waals surface area (Å²) in [5.41, 5.74) is 3.42. The summed E-state index contributed by atoms with van der Waals surface area (Å²) in [6.07, 6.45) is -3.58. The predicted molar refractivity (Wildman–Crippen MR) is 90.9 cm³/mol. The lowest BCUT2D eigenvalue weighted by molar-refractivity contribution is -0.138. The molecular formula is C17H18F4N4O3. The van der Waals surface area contributed by atoms with Gasteiger partial charge in [0.25, 0.3) is 5.91 Å². The third kappa shape index (κ3) is 4.85. The molecule has 0 aliphatic carbocycles. The van der Waals surface area contributed by atoms with Gasteiger partial charge in [-0.05, 0) is 24.6 Å². The molecule has 0 fully saturated rings. The first-order chi connectivity index (χ1) is 13.0. The molecule has 1 atom stereocenters. The van der Waals surface area contributed by atoms with E-state index in [1.807, 2.05) is 0 Å². The molecule has 0 saturated heterocycles. The van der Waals surface area contributed by atoms with Gasteiger partial charge in [0, 0.05) is 24.2 Å². The molecule has 1 aromatic heterocycles. The second kappa shape index (κ2) is 8.38. The molecule has 0 radical (unpaired) electrons. The Hall–Kier alpha value is -2.95. The molecule has 152 valence electrons. The highest BCUT2D eigenvalue weighted by Gasteiger charge is 2.37. The maximum atomic E-state index is 14.0. The highest BCUT2D eigenvalue weighted by Crippen LogP contribution is 2.37. The summed E-state index contributed by atoms with van der Waals surface area (Å²) in [4.78, 5) is 22.9. The van der Waals surface area contributed by atoms with Crippen molar-refractivity contribution in [1.82, 2.24) is 15.1 Å². The molecule has 0 unspecified atom stereocenters. The van der Waals surface area contributed by atoms with Crippen molar-refractivity contribution >= 4 is 11.9 Å². The first-order valence-corrected chi connectivity index (χ1v) is 8.25. The number of alkyl halides is 3. The van der Waals surface area contributed by atoms with E-state index in [4.69, 9.17) is 10.8 Å². The summed E-state index contributed by atoms with van der Waals surface area (Å²) in [5, 5.41) is 14.6. The average molecular weight is 402 g/mol. The number of carboxylic acid groups (broad SMARTS) is 1. The van der Waals surface area contributed by atoms with Gasteiger partial charge in [-0.25, -0.2) is 4.39 Å². The van der Waals surface area contributed by atoms with Crippen LogP contribution < -0.4 is 11.1 Å². The van der Waals surface area contributed by atoms with Crippen LogP contribution in [0.1, 0.15) is 29.3 Å². The van der Waals surface area contributed by atoms with Crippen molar-refractivity contribution in [1.29, 1.82) is 0 Å². The van der Waals surface area contributed by atoms with Crippen LogP contribution in [0, 0.1) is 5.82 Å². The number of rotatable bonds is 7. The molecule has 1 amide bonds. The van der Waals surface area contributed by atoms with Crippen LogP contribution >= 0.6 is 0 Å². The summed E-state index contributed by atoms with van der Waals surface area (Å²) in [6, 6.07) is 1.42. The Kier molecular flexibility index (Phi) is 6.39. The predicted octanol–water partition coefficient (Wildman–Crippen LogP) is 2.26. The number of aliphatic carboxylic acids is 1. The number of hydrogen-bond donors (Lipinski definition) is 3. The molecule has 2 rings (SSSR count). The second-order valence-electron chi connectivity index (χ2n) is 6.01. The van der Waals surface area contributed by atoms with Crippen molar-refractivity contribution in [3.8, 4) is 11.3 Å². The fraction of sp³-hybridized carbons (Fsp3) is 0.353. The van der Waals surface area contributed by atoms with Gasteiger partial charge in [0.05, 0.1) is 11.9 Å². The van der Waals surface area contributed by atoms with E-state index < -0.39 is 42.0 Å². The van der Waals surface area contributed by atoms with E-state index >= 15 is 0 Å². The molecule has 0 spiro atoms. The van der Waals surface area contributed by atoms with Gasteiger partial charge in [0.2, 0.25) is 0 Å². The Labute approximate surface area is 157 Å². The lowest BCUT2D eigenvalue weighted by Gasteiger charge is -2.13. The van der Waals surface area contributed by atoms with E-state index in [0.29, 0.717) is 12.6 Å². The van der Waals surface area contributed by atoms with E-state index in [9.17, 15) is 27.2 Å². The minimum absolute atomic E-state index is 0.164. The van der Waals surface area contributed by atoms with Gasteiger partial charge in [0.15, 0.2) is 0 Å². The standard InChI is InChI=1S/C17H18F4N4O3/c1-2-3-25-14(12(7-24-25)17(19,20)21)9-4-10(6-11(18)5-9)15(26)23-8-13(22)16(27)28/h4-7,13H,2-3,8,22H2,1H3,(H,23,26)(H,27,28)/t13-/m1/s1. The summed E-state index contributed by atoms with van der Waals surface area (Å²) in [5.74, 6) is -3.14. The smallest absolute Gasteiger partial charge is 0.420 e. The van der Waals surface area contributed by atoms with E-state index in [1.54, 1.807) is 6.92 Å². The monoisotopic (exact) mass is 402 g/mol. The Morgan fingerprint density at radius 2 is 2.00 bits per heavy atom. The summed E-state index contributed by atoms with van der Waals surface area (Å²) >= 11 is 0. The minimum Gasteiger partial charge on any atom is -0.480 e. The van der Waals surface area contributed by atoms with E-state index in [2.05, 4.69) is 10.4 Å². The topological polar surface area (TPSA) is 110 Å². The SMILES string of the molecule is CCCn1ncc(C(F)(F)F)c1-c1cc(F)cc(C(=O)NC[C@@H](N)C(=O)O)c1. The van der Waals surface area contributed by atoms with Crippen LogP contribution in [0.3, 0.4) is 0 Å². The number of benzene rings is 1. The molecule has 0 aliphatic heterocycles. The number of aromatic nitrogens is 2. The zero-order valence-electron chi connectivity index (χ0n) is 14.8. The molecule has 11 heteroatoms. The number of hydrogen-bond acceptors (Lipinski definition) is 4. The number of carboxylic acids is 1. The average Bonchev–Trinajstić information content (AvgIpc) is 3.03. The molecule has 1 heterocycles. The van der Waals surface area contributed by atoms with Gasteiger partial charge in [-0.3, -0.25) is 14.3 Å². The number of nitrogens with zero attached hydrogens (tertiary/aromatic N) is 2. The Morgan fingerprint density at radius 3 is 2.57 bits per heavy atom. The van der Waals surface area contributed by atoms with Crippen LogP contribution in [0.25, 0.3) is 11.3 Å². The maximum Gasteiger partial charge on any atom is 0.420 e. The highest BCUT2D eigenvalue weighted by molar-refractivity contribution is 5.95. The Bertz CT molecular complexity index is 880. The van der Waals surface area contributed by atoms with Crippen LogP contribution in [0.2, 0.25) is 0 Å². The molecule has 0 bridgehead atoms. The van der Waals surface area contributed by atoms with Crippen LogP contribution in [0.15, 0.2) is 24.4 Å². The number of nitrogens with one attached hydrogen (secondary N) is 1. The summed E-state index contributed by atoms with van der Waals surface area (Å²) < 4.78 is 55.2. The van der Waals surface area contributed by atoms with Crippen LogP contribution in [0.4, 0.5) is 17.6 Å². The number of amides is 1. The van der Waals surface area contributed by atoms with Crippen molar-refractivity contribution < 1.29 is 32.3 Å². The van der Waals surface area contributed by atoms with Gasteiger partial charge in [-0.2, -0.15) is 18.3 Å². The quantitative estimate of drug-likeness (QED) is 0.616. The van der Waals surface area contributed by atoms with Crippen molar-refractivity contribution in [2.75, 3.05) is 6.54 Å². The third-order valence-corrected chi connectivity index (χ3v) is 3.81. The van der Waals surface area contributed by atoms with Gasteiger partial charge < -0.3 is 16.2 Å². The fourth-order valence-electron chi connectivity index (χ4n) is 2.53. The van der Waals surface area contributed by atoms with Crippen LogP contribution in [-0.2, 0) is 17.5 Å². The third-order valence-electron chi connectivity index (χ3n) is 3.81. The van der Waals surface area contributed by atoms with E-state index in [1.165, 1.54) is 0 Å². The van der Waals surface area contributed by atoms with Crippen molar-refractivity contribution in [3.05, 3.63) is 41.3 Å². The van der Waals surface area contributed by atoms with Gasteiger partial charge in [-0.1, -0.05) is 6.92 Å². The Balaban J connectivity index is 2.44. The maximum absolute atomic E-state index is 14.0.